The molecule has 1 aliphatic rings. The topological polar surface area (TPSA) is 58.2 Å². The lowest BCUT2D eigenvalue weighted by Crippen LogP contribution is -2.42. The van der Waals surface area contributed by atoms with Crippen molar-refractivity contribution in [2.75, 3.05) is 16.8 Å². The Hall–Kier alpha value is -1.49. The minimum Gasteiger partial charge on any atom is -0.352 e. The Bertz CT molecular complexity index is 548. The number of carbonyl (C=O) groups is 2. The van der Waals surface area contributed by atoms with E-state index in [4.69, 9.17) is 0 Å². The number of anilines is 1. The number of hydrogen-bond acceptors (Lipinski definition) is 3. The van der Waals surface area contributed by atoms with E-state index in [-0.39, 0.29) is 11.8 Å². The maximum absolute atomic E-state index is 12.0. The van der Waals surface area contributed by atoms with E-state index in [1.54, 1.807) is 0 Å². The van der Waals surface area contributed by atoms with E-state index in [0.717, 1.165) is 17.7 Å². The van der Waals surface area contributed by atoms with Gasteiger partial charge in [0.1, 0.15) is 0 Å². The van der Waals surface area contributed by atoms with Crippen molar-refractivity contribution in [1.29, 1.82) is 0 Å². The average Bonchev–Trinajstić information content (AvgIpc) is 2.49. The van der Waals surface area contributed by atoms with Crippen LogP contribution in [-0.4, -0.2) is 29.4 Å². The van der Waals surface area contributed by atoms with E-state index in [2.05, 4.69) is 17.6 Å². The summed E-state index contributed by atoms with van der Waals surface area (Å²) in [4.78, 5) is 23.9. The van der Waals surface area contributed by atoms with Crippen molar-refractivity contribution < 1.29 is 9.59 Å². The van der Waals surface area contributed by atoms with E-state index < -0.39 is 0 Å². The first-order valence-electron chi connectivity index (χ1n) is 8.28. The van der Waals surface area contributed by atoms with Crippen LogP contribution >= 0.6 is 11.8 Å². The van der Waals surface area contributed by atoms with Gasteiger partial charge >= 0.3 is 0 Å². The Morgan fingerprint density at radius 3 is 2.65 bits per heavy atom. The Morgan fingerprint density at radius 1 is 1.17 bits per heavy atom. The molecule has 2 atom stereocenters. The summed E-state index contributed by atoms with van der Waals surface area (Å²) < 4.78 is 0. The summed E-state index contributed by atoms with van der Waals surface area (Å²) >= 11 is 1.36. The summed E-state index contributed by atoms with van der Waals surface area (Å²) in [5.74, 6) is 1.16. The maximum atomic E-state index is 12.0. The molecule has 2 N–H and O–H groups in total. The predicted molar refractivity (Wildman–Crippen MR) is 96.7 cm³/mol. The van der Waals surface area contributed by atoms with Gasteiger partial charge in [0.2, 0.25) is 11.8 Å². The molecule has 23 heavy (non-hydrogen) atoms. The standard InChI is InChI=1S/C18H26N2O2S/c1-13-6-5-8-15(10-13)19-17(21)11-23-12-18(22)20-16-9-4-3-7-14(16)2/h5-6,8,10,14,16H,3-4,7,9,11-12H2,1-2H3,(H,19,21)(H,20,22). The number of hydrogen-bond donors (Lipinski definition) is 2. The van der Waals surface area contributed by atoms with Crippen LogP contribution in [0.15, 0.2) is 24.3 Å². The number of nitrogens with one attached hydrogen (secondary N) is 2. The van der Waals surface area contributed by atoms with Gasteiger partial charge in [-0.25, -0.2) is 0 Å². The molecule has 0 radical (unpaired) electrons. The molecule has 5 heteroatoms. The van der Waals surface area contributed by atoms with Crippen molar-refractivity contribution in [3.05, 3.63) is 29.8 Å². The highest BCUT2D eigenvalue weighted by Gasteiger charge is 2.22. The Labute approximate surface area is 142 Å². The fourth-order valence-corrected chi connectivity index (χ4v) is 3.56. The van der Waals surface area contributed by atoms with Crippen molar-refractivity contribution in [2.45, 2.75) is 45.6 Å². The van der Waals surface area contributed by atoms with E-state index in [1.807, 2.05) is 31.2 Å². The molecule has 0 bridgehead atoms. The zero-order valence-electron chi connectivity index (χ0n) is 13.9. The van der Waals surface area contributed by atoms with Gasteiger partial charge in [-0.15, -0.1) is 11.8 Å². The van der Waals surface area contributed by atoms with Gasteiger partial charge in [0.15, 0.2) is 0 Å². The van der Waals surface area contributed by atoms with Gasteiger partial charge in [0.25, 0.3) is 0 Å². The SMILES string of the molecule is Cc1cccc(NC(=O)CSCC(=O)NC2CCCCC2C)c1. The molecule has 0 aromatic heterocycles. The highest BCUT2D eigenvalue weighted by molar-refractivity contribution is 8.00. The Balaban J connectivity index is 1.65. The molecule has 2 amide bonds. The fourth-order valence-electron chi connectivity index (χ4n) is 2.94. The zero-order valence-corrected chi connectivity index (χ0v) is 14.7. The summed E-state index contributed by atoms with van der Waals surface area (Å²) in [5.41, 5.74) is 1.91. The second-order valence-electron chi connectivity index (χ2n) is 6.35. The van der Waals surface area contributed by atoms with Gasteiger partial charge in [-0.2, -0.15) is 0 Å². The maximum Gasteiger partial charge on any atom is 0.234 e. The molecule has 4 nitrogen and oxygen atoms in total. The first-order chi connectivity index (χ1) is 11.0. The molecule has 1 aromatic rings. The zero-order chi connectivity index (χ0) is 16.7. The van der Waals surface area contributed by atoms with Crippen molar-refractivity contribution in [1.82, 2.24) is 5.32 Å². The predicted octanol–water partition coefficient (Wildman–Crippen LogP) is 3.36. The van der Waals surface area contributed by atoms with Crippen LogP contribution in [-0.2, 0) is 9.59 Å². The molecule has 1 fully saturated rings. The molecular formula is C18H26N2O2S. The van der Waals surface area contributed by atoms with Crippen LogP contribution in [0.3, 0.4) is 0 Å². The summed E-state index contributed by atoms with van der Waals surface area (Å²) in [5, 5.41) is 5.96. The van der Waals surface area contributed by atoms with Crippen LogP contribution in [0.25, 0.3) is 0 Å². The first kappa shape index (κ1) is 17.9. The second kappa shape index (κ2) is 8.96. The van der Waals surface area contributed by atoms with Crippen molar-refractivity contribution in [3.63, 3.8) is 0 Å². The molecule has 126 valence electrons. The molecule has 1 aliphatic carbocycles. The third-order valence-corrected chi connectivity index (χ3v) is 5.16. The van der Waals surface area contributed by atoms with Gasteiger partial charge in [-0.05, 0) is 43.4 Å². The van der Waals surface area contributed by atoms with Crippen LogP contribution in [0.2, 0.25) is 0 Å². The lowest BCUT2D eigenvalue weighted by atomic mass is 9.86. The fraction of sp³-hybridized carbons (Fsp3) is 0.556. The average molecular weight is 334 g/mol. The number of amides is 2. The van der Waals surface area contributed by atoms with E-state index in [1.165, 1.54) is 31.0 Å². The summed E-state index contributed by atoms with van der Waals surface area (Å²) in [6, 6.07) is 8.00. The quantitative estimate of drug-likeness (QED) is 0.838. The third-order valence-electron chi connectivity index (χ3n) is 4.23. The highest BCUT2D eigenvalue weighted by atomic mass is 32.2. The second-order valence-corrected chi connectivity index (χ2v) is 7.33. The molecule has 0 saturated heterocycles. The molecule has 2 unspecified atom stereocenters. The molecule has 1 aromatic carbocycles. The number of thioether (sulfide) groups is 1. The third kappa shape index (κ3) is 6.26. The minimum absolute atomic E-state index is 0.0390. The summed E-state index contributed by atoms with van der Waals surface area (Å²) in [6.07, 6.45) is 4.73. The van der Waals surface area contributed by atoms with Gasteiger partial charge in [-0.1, -0.05) is 31.9 Å². The molecule has 0 heterocycles. The smallest absolute Gasteiger partial charge is 0.234 e. The monoisotopic (exact) mass is 334 g/mol. The minimum atomic E-state index is -0.0700. The number of aryl methyl sites for hydroxylation is 1. The van der Waals surface area contributed by atoms with Gasteiger partial charge in [0, 0.05) is 11.7 Å². The molecule has 0 aliphatic heterocycles. The van der Waals surface area contributed by atoms with Crippen LogP contribution < -0.4 is 10.6 Å². The summed E-state index contributed by atoms with van der Waals surface area (Å²) in [7, 11) is 0. The van der Waals surface area contributed by atoms with Gasteiger partial charge < -0.3 is 10.6 Å². The summed E-state index contributed by atoms with van der Waals surface area (Å²) in [6.45, 7) is 4.19. The van der Waals surface area contributed by atoms with E-state index in [9.17, 15) is 9.59 Å². The number of carbonyl (C=O) groups excluding carboxylic acids is 2. The normalized spacial score (nSPS) is 20.8. The Morgan fingerprint density at radius 2 is 1.91 bits per heavy atom. The van der Waals surface area contributed by atoms with Crippen LogP contribution in [0, 0.1) is 12.8 Å². The highest BCUT2D eigenvalue weighted by Crippen LogP contribution is 2.23. The van der Waals surface area contributed by atoms with Gasteiger partial charge in [0.05, 0.1) is 11.5 Å². The van der Waals surface area contributed by atoms with Crippen molar-refractivity contribution in [2.24, 2.45) is 5.92 Å². The van der Waals surface area contributed by atoms with Crippen molar-refractivity contribution >= 4 is 29.3 Å². The lowest BCUT2D eigenvalue weighted by molar-refractivity contribution is -0.119. The van der Waals surface area contributed by atoms with Gasteiger partial charge in [-0.3, -0.25) is 9.59 Å². The lowest BCUT2D eigenvalue weighted by Gasteiger charge is -2.29. The largest absolute Gasteiger partial charge is 0.352 e. The molecular weight excluding hydrogens is 308 g/mol. The molecule has 0 spiro atoms. The van der Waals surface area contributed by atoms with Crippen LogP contribution in [0.4, 0.5) is 5.69 Å². The first-order valence-corrected chi connectivity index (χ1v) is 9.43. The van der Waals surface area contributed by atoms with E-state index in [0.29, 0.717) is 23.5 Å². The Kier molecular flexibility index (Phi) is 6.96. The van der Waals surface area contributed by atoms with Crippen LogP contribution in [0.5, 0.6) is 0 Å². The number of rotatable bonds is 6. The van der Waals surface area contributed by atoms with E-state index >= 15 is 0 Å². The molecule has 1 saturated carbocycles. The van der Waals surface area contributed by atoms with Crippen molar-refractivity contribution in [3.8, 4) is 0 Å². The molecule has 2 rings (SSSR count). The van der Waals surface area contributed by atoms with Crippen LogP contribution in [0.1, 0.15) is 38.2 Å². The number of benzene rings is 1.